The largest absolute Gasteiger partial charge is 0.302 e. The summed E-state index contributed by atoms with van der Waals surface area (Å²) in [7, 11) is 0. The molecular weight excluding hydrogens is 272 g/mol. The SMILES string of the molecule is C[C@H]1CCc2nc(NC(=O)CCn3cccn3)sc2C1. The summed E-state index contributed by atoms with van der Waals surface area (Å²) >= 11 is 1.63. The summed E-state index contributed by atoms with van der Waals surface area (Å²) in [5.74, 6) is 0.728. The maximum Gasteiger partial charge on any atom is 0.228 e. The molecule has 1 atom stereocenters. The molecule has 1 N–H and O–H groups in total. The van der Waals surface area contributed by atoms with Crippen LogP contribution in [0.15, 0.2) is 18.5 Å². The van der Waals surface area contributed by atoms with Gasteiger partial charge in [-0.2, -0.15) is 5.10 Å². The monoisotopic (exact) mass is 290 g/mol. The first kappa shape index (κ1) is 13.3. The second-order valence-electron chi connectivity index (χ2n) is 5.30. The van der Waals surface area contributed by atoms with E-state index in [1.165, 1.54) is 17.0 Å². The van der Waals surface area contributed by atoms with Crippen LogP contribution in [0.4, 0.5) is 5.13 Å². The number of carbonyl (C=O) groups is 1. The number of thiazole rings is 1. The number of anilines is 1. The summed E-state index contributed by atoms with van der Waals surface area (Å²) in [5.41, 5.74) is 1.18. The molecule has 0 saturated heterocycles. The van der Waals surface area contributed by atoms with E-state index in [4.69, 9.17) is 0 Å². The number of amides is 1. The Morgan fingerprint density at radius 2 is 2.50 bits per heavy atom. The highest BCUT2D eigenvalue weighted by atomic mass is 32.1. The number of nitrogens with one attached hydrogen (secondary N) is 1. The van der Waals surface area contributed by atoms with Crippen molar-refractivity contribution >= 4 is 22.4 Å². The van der Waals surface area contributed by atoms with Crippen LogP contribution in [0.5, 0.6) is 0 Å². The van der Waals surface area contributed by atoms with Crippen LogP contribution in [0.25, 0.3) is 0 Å². The molecule has 106 valence electrons. The van der Waals surface area contributed by atoms with Gasteiger partial charge in [0.2, 0.25) is 5.91 Å². The summed E-state index contributed by atoms with van der Waals surface area (Å²) in [6, 6.07) is 1.86. The van der Waals surface area contributed by atoms with E-state index in [1.807, 2.05) is 12.3 Å². The summed E-state index contributed by atoms with van der Waals surface area (Å²) in [5, 5.41) is 7.73. The Morgan fingerprint density at radius 3 is 3.30 bits per heavy atom. The first-order chi connectivity index (χ1) is 9.70. The molecule has 2 aromatic rings. The Labute approximate surface area is 122 Å². The predicted octanol–water partition coefficient (Wildman–Crippen LogP) is 2.49. The number of aromatic nitrogens is 3. The molecule has 0 bridgehead atoms. The molecule has 0 spiro atoms. The molecule has 5 nitrogen and oxygen atoms in total. The van der Waals surface area contributed by atoms with Crippen LogP contribution in [0.3, 0.4) is 0 Å². The normalized spacial score (nSPS) is 17.8. The molecule has 0 aromatic carbocycles. The number of carbonyl (C=O) groups excluding carboxylic acids is 1. The zero-order valence-electron chi connectivity index (χ0n) is 11.5. The van der Waals surface area contributed by atoms with E-state index in [0.29, 0.717) is 13.0 Å². The highest BCUT2D eigenvalue weighted by molar-refractivity contribution is 7.15. The van der Waals surface area contributed by atoms with Crippen LogP contribution < -0.4 is 5.32 Å². The number of nitrogens with zero attached hydrogens (tertiary/aromatic N) is 3. The van der Waals surface area contributed by atoms with Gasteiger partial charge in [-0.1, -0.05) is 6.92 Å². The van der Waals surface area contributed by atoms with Crippen LogP contribution in [0, 0.1) is 5.92 Å². The number of aryl methyl sites for hydroxylation is 2. The van der Waals surface area contributed by atoms with Gasteiger partial charge in [0.1, 0.15) is 0 Å². The van der Waals surface area contributed by atoms with E-state index < -0.39 is 0 Å². The molecule has 1 amide bonds. The summed E-state index contributed by atoms with van der Waals surface area (Å²) in [6.45, 7) is 2.87. The van der Waals surface area contributed by atoms with Crippen molar-refractivity contribution in [1.82, 2.24) is 14.8 Å². The van der Waals surface area contributed by atoms with Crippen molar-refractivity contribution in [3.05, 3.63) is 29.0 Å². The van der Waals surface area contributed by atoms with E-state index in [2.05, 4.69) is 22.3 Å². The Hall–Kier alpha value is -1.69. The van der Waals surface area contributed by atoms with Crippen LogP contribution in [-0.4, -0.2) is 20.7 Å². The number of hydrogen-bond donors (Lipinski definition) is 1. The van der Waals surface area contributed by atoms with E-state index >= 15 is 0 Å². The topological polar surface area (TPSA) is 59.8 Å². The van der Waals surface area contributed by atoms with Gasteiger partial charge >= 0.3 is 0 Å². The van der Waals surface area contributed by atoms with E-state index in [1.54, 1.807) is 22.2 Å². The van der Waals surface area contributed by atoms with Gasteiger partial charge in [0.15, 0.2) is 5.13 Å². The molecule has 3 rings (SSSR count). The Bertz CT molecular complexity index is 590. The van der Waals surface area contributed by atoms with Crippen molar-refractivity contribution in [3.63, 3.8) is 0 Å². The summed E-state index contributed by atoms with van der Waals surface area (Å²) in [6.07, 6.45) is 7.32. The maximum atomic E-state index is 11.9. The second kappa shape index (κ2) is 5.75. The van der Waals surface area contributed by atoms with Crippen molar-refractivity contribution in [2.45, 2.75) is 39.2 Å². The molecule has 0 unspecified atom stereocenters. The average molecular weight is 290 g/mol. The first-order valence-corrected chi connectivity index (χ1v) is 7.78. The lowest BCUT2D eigenvalue weighted by Gasteiger charge is -2.15. The Kier molecular flexibility index (Phi) is 3.82. The highest BCUT2D eigenvalue weighted by Crippen LogP contribution is 2.32. The van der Waals surface area contributed by atoms with Gasteiger partial charge in [-0.15, -0.1) is 11.3 Å². The van der Waals surface area contributed by atoms with Gasteiger partial charge in [0, 0.05) is 30.2 Å². The second-order valence-corrected chi connectivity index (χ2v) is 6.39. The summed E-state index contributed by atoms with van der Waals surface area (Å²) in [4.78, 5) is 17.8. The van der Waals surface area contributed by atoms with Gasteiger partial charge in [-0.3, -0.25) is 9.48 Å². The molecule has 0 aliphatic heterocycles. The molecule has 20 heavy (non-hydrogen) atoms. The third-order valence-electron chi connectivity index (χ3n) is 3.56. The molecule has 6 heteroatoms. The Balaban J connectivity index is 1.56. The zero-order chi connectivity index (χ0) is 13.9. The Morgan fingerprint density at radius 1 is 1.60 bits per heavy atom. The van der Waals surface area contributed by atoms with Crippen molar-refractivity contribution < 1.29 is 4.79 Å². The average Bonchev–Trinajstić information content (AvgIpc) is 3.04. The number of fused-ring (bicyclic) bond motifs is 1. The van der Waals surface area contributed by atoms with Crippen molar-refractivity contribution in [3.8, 4) is 0 Å². The van der Waals surface area contributed by atoms with E-state index in [9.17, 15) is 4.79 Å². The van der Waals surface area contributed by atoms with Gasteiger partial charge in [-0.25, -0.2) is 4.98 Å². The minimum Gasteiger partial charge on any atom is -0.302 e. The lowest BCUT2D eigenvalue weighted by atomic mass is 9.93. The smallest absolute Gasteiger partial charge is 0.228 e. The van der Waals surface area contributed by atoms with Gasteiger partial charge < -0.3 is 5.32 Å². The number of rotatable bonds is 4. The molecule has 0 radical (unpaired) electrons. The van der Waals surface area contributed by atoms with Crippen molar-refractivity contribution in [1.29, 1.82) is 0 Å². The molecular formula is C14H18N4OS. The van der Waals surface area contributed by atoms with E-state index in [-0.39, 0.29) is 5.91 Å². The predicted molar refractivity (Wildman–Crippen MR) is 78.8 cm³/mol. The number of hydrogen-bond acceptors (Lipinski definition) is 4. The molecule has 2 aromatic heterocycles. The zero-order valence-corrected chi connectivity index (χ0v) is 12.3. The maximum absolute atomic E-state index is 11.9. The molecule has 0 saturated carbocycles. The van der Waals surface area contributed by atoms with Crippen LogP contribution in [0.1, 0.15) is 30.3 Å². The summed E-state index contributed by atoms with van der Waals surface area (Å²) < 4.78 is 1.76. The van der Waals surface area contributed by atoms with Crippen LogP contribution in [-0.2, 0) is 24.2 Å². The fraction of sp³-hybridized carbons (Fsp3) is 0.500. The van der Waals surface area contributed by atoms with Crippen LogP contribution >= 0.6 is 11.3 Å². The van der Waals surface area contributed by atoms with Gasteiger partial charge in [0.05, 0.1) is 5.69 Å². The van der Waals surface area contributed by atoms with Crippen LogP contribution in [0.2, 0.25) is 0 Å². The fourth-order valence-corrected chi connectivity index (χ4v) is 3.61. The van der Waals surface area contributed by atoms with E-state index in [0.717, 1.165) is 23.9 Å². The minimum absolute atomic E-state index is 0.000328. The van der Waals surface area contributed by atoms with Crippen molar-refractivity contribution in [2.24, 2.45) is 5.92 Å². The third-order valence-corrected chi connectivity index (χ3v) is 4.59. The fourth-order valence-electron chi connectivity index (χ4n) is 2.42. The molecule has 1 aliphatic rings. The highest BCUT2D eigenvalue weighted by Gasteiger charge is 2.20. The molecule has 2 heterocycles. The molecule has 1 aliphatic carbocycles. The van der Waals surface area contributed by atoms with Gasteiger partial charge in [-0.05, 0) is 31.2 Å². The lowest BCUT2D eigenvalue weighted by Crippen LogP contribution is -2.14. The standard InChI is InChI=1S/C14H18N4OS/c1-10-3-4-11-12(9-10)20-14(16-11)17-13(19)5-8-18-7-2-6-15-18/h2,6-7,10H,3-5,8-9H2,1H3,(H,16,17,19)/t10-/m0/s1. The van der Waals surface area contributed by atoms with Gasteiger partial charge in [0.25, 0.3) is 0 Å². The third kappa shape index (κ3) is 3.07. The minimum atomic E-state index is -0.000328. The quantitative estimate of drug-likeness (QED) is 0.941. The lowest BCUT2D eigenvalue weighted by molar-refractivity contribution is -0.116. The molecule has 0 fully saturated rings. The first-order valence-electron chi connectivity index (χ1n) is 6.96. The van der Waals surface area contributed by atoms with Crippen molar-refractivity contribution in [2.75, 3.05) is 5.32 Å².